The fourth-order valence-electron chi connectivity index (χ4n) is 5.46. The summed E-state index contributed by atoms with van der Waals surface area (Å²) >= 11 is 0. The normalized spacial score (nSPS) is 23.2. The zero-order valence-corrected chi connectivity index (χ0v) is 18.2. The van der Waals surface area contributed by atoms with Crippen LogP contribution in [0.2, 0.25) is 0 Å². The van der Waals surface area contributed by atoms with Crippen molar-refractivity contribution in [3.05, 3.63) is 70.3 Å². The predicted molar refractivity (Wildman–Crippen MR) is 118 cm³/mol. The Balaban J connectivity index is 1.47. The van der Waals surface area contributed by atoms with E-state index >= 15 is 0 Å². The number of ketones is 1. The first kappa shape index (κ1) is 20.6. The molecule has 1 amide bonds. The van der Waals surface area contributed by atoms with Gasteiger partial charge in [-0.05, 0) is 69.6 Å². The molecule has 0 aromatic heterocycles. The first-order chi connectivity index (χ1) is 14.4. The highest BCUT2D eigenvalue weighted by molar-refractivity contribution is 6.00. The van der Waals surface area contributed by atoms with Gasteiger partial charge >= 0.3 is 6.09 Å². The Hall–Kier alpha value is -2.62. The predicted octanol–water partition coefficient (Wildman–Crippen LogP) is 5.76. The molecule has 2 unspecified atom stereocenters. The molecule has 2 aliphatic rings. The number of aryl methyl sites for hydroxylation is 3. The second-order valence-corrected chi connectivity index (χ2v) is 8.99. The summed E-state index contributed by atoms with van der Waals surface area (Å²) in [6.45, 7) is 6.42. The van der Waals surface area contributed by atoms with Crippen molar-refractivity contribution in [3.63, 3.8) is 0 Å². The van der Waals surface area contributed by atoms with Gasteiger partial charge in [0.2, 0.25) is 0 Å². The van der Waals surface area contributed by atoms with Crippen LogP contribution in [0.1, 0.15) is 64.7 Å². The Morgan fingerprint density at radius 3 is 2.17 bits per heavy atom. The third-order valence-electron chi connectivity index (χ3n) is 6.68. The number of nitrogens with zero attached hydrogens (tertiary/aromatic N) is 1. The number of amides is 1. The molecule has 2 saturated heterocycles. The standard InChI is InChI=1S/C26H31NO3/c1-17-12-18(2)24(19(3)13-17)25(28)21-14-22-10-7-11-23(15-21)27(22)26(29)30-16-20-8-5-4-6-9-20/h4-6,8-9,12-13,21-23H,7,10-11,14-16H2,1-3H3. The third kappa shape index (κ3) is 4.14. The minimum absolute atomic E-state index is 0.0152. The molecule has 4 rings (SSSR count). The molecule has 2 fully saturated rings. The van der Waals surface area contributed by atoms with Crippen molar-refractivity contribution in [3.8, 4) is 0 Å². The number of Topliss-reactive ketones (excluding diaryl/α,β-unsaturated/α-hetero) is 1. The van der Waals surface area contributed by atoms with Gasteiger partial charge in [0.25, 0.3) is 0 Å². The molecule has 0 radical (unpaired) electrons. The molecule has 2 aromatic rings. The van der Waals surface area contributed by atoms with Crippen LogP contribution in [0.3, 0.4) is 0 Å². The van der Waals surface area contributed by atoms with Crippen LogP contribution in [-0.4, -0.2) is 28.9 Å². The van der Waals surface area contributed by atoms with Gasteiger partial charge in [-0.1, -0.05) is 48.0 Å². The van der Waals surface area contributed by atoms with Gasteiger partial charge in [-0.15, -0.1) is 0 Å². The average Bonchev–Trinajstić information content (AvgIpc) is 2.71. The van der Waals surface area contributed by atoms with Gasteiger partial charge in [0, 0.05) is 23.6 Å². The van der Waals surface area contributed by atoms with Gasteiger partial charge in [0.1, 0.15) is 6.61 Å². The lowest BCUT2D eigenvalue weighted by Crippen LogP contribution is -2.55. The fraction of sp³-hybridized carbons (Fsp3) is 0.462. The molecule has 2 aliphatic heterocycles. The van der Waals surface area contributed by atoms with Crippen molar-refractivity contribution < 1.29 is 14.3 Å². The molecule has 2 atom stereocenters. The van der Waals surface area contributed by atoms with Crippen LogP contribution < -0.4 is 0 Å². The van der Waals surface area contributed by atoms with Gasteiger partial charge in [-0.2, -0.15) is 0 Å². The van der Waals surface area contributed by atoms with E-state index in [2.05, 4.69) is 19.1 Å². The van der Waals surface area contributed by atoms with Crippen molar-refractivity contribution >= 4 is 11.9 Å². The summed E-state index contributed by atoms with van der Waals surface area (Å²) in [6, 6.07) is 14.2. The Bertz CT molecular complexity index is 900. The fourth-order valence-corrected chi connectivity index (χ4v) is 5.46. The topological polar surface area (TPSA) is 46.6 Å². The molecule has 0 saturated carbocycles. The number of benzene rings is 2. The minimum Gasteiger partial charge on any atom is -0.445 e. The summed E-state index contributed by atoms with van der Waals surface area (Å²) in [5, 5.41) is 0. The Labute approximate surface area is 179 Å². The zero-order valence-electron chi connectivity index (χ0n) is 18.2. The van der Waals surface area contributed by atoms with Gasteiger partial charge in [-0.3, -0.25) is 4.79 Å². The number of hydrogen-bond acceptors (Lipinski definition) is 3. The van der Waals surface area contributed by atoms with Gasteiger partial charge in [0.15, 0.2) is 5.78 Å². The Kier molecular flexibility index (Phi) is 5.94. The van der Waals surface area contributed by atoms with Crippen LogP contribution in [0.5, 0.6) is 0 Å². The van der Waals surface area contributed by atoms with E-state index < -0.39 is 0 Å². The second kappa shape index (κ2) is 8.63. The quantitative estimate of drug-likeness (QED) is 0.607. The molecular weight excluding hydrogens is 374 g/mol. The number of fused-ring (bicyclic) bond motifs is 2. The van der Waals surface area contributed by atoms with E-state index in [1.54, 1.807) is 0 Å². The number of carbonyl (C=O) groups excluding carboxylic acids is 2. The second-order valence-electron chi connectivity index (χ2n) is 8.99. The zero-order chi connectivity index (χ0) is 21.3. The molecule has 2 aromatic carbocycles. The Morgan fingerprint density at radius 1 is 0.967 bits per heavy atom. The smallest absolute Gasteiger partial charge is 0.410 e. The highest BCUT2D eigenvalue weighted by Crippen LogP contribution is 2.39. The number of carbonyl (C=O) groups is 2. The lowest BCUT2D eigenvalue weighted by atomic mass is 9.75. The molecule has 2 heterocycles. The van der Waals surface area contributed by atoms with E-state index in [9.17, 15) is 9.59 Å². The van der Waals surface area contributed by atoms with E-state index in [-0.39, 0.29) is 29.9 Å². The number of piperidine rings is 2. The SMILES string of the molecule is Cc1cc(C)c(C(=O)C2CC3CCCC(C2)N3C(=O)OCc2ccccc2)c(C)c1. The van der Waals surface area contributed by atoms with Crippen LogP contribution in [0.25, 0.3) is 0 Å². The summed E-state index contributed by atoms with van der Waals surface area (Å²) < 4.78 is 5.64. The maximum atomic E-state index is 13.4. The maximum absolute atomic E-state index is 13.4. The highest BCUT2D eigenvalue weighted by Gasteiger charge is 2.44. The highest BCUT2D eigenvalue weighted by atomic mass is 16.6. The third-order valence-corrected chi connectivity index (χ3v) is 6.68. The average molecular weight is 406 g/mol. The molecule has 0 spiro atoms. The van der Waals surface area contributed by atoms with Crippen molar-refractivity contribution in [2.75, 3.05) is 0 Å². The number of ether oxygens (including phenoxy) is 1. The largest absolute Gasteiger partial charge is 0.445 e. The van der Waals surface area contributed by atoms with Gasteiger partial charge in [-0.25, -0.2) is 4.79 Å². The number of rotatable bonds is 4. The Morgan fingerprint density at radius 2 is 1.57 bits per heavy atom. The molecule has 2 bridgehead atoms. The van der Waals surface area contributed by atoms with Crippen LogP contribution in [0.15, 0.2) is 42.5 Å². The van der Waals surface area contributed by atoms with E-state index in [0.29, 0.717) is 6.61 Å². The molecular formula is C26H31NO3. The summed E-state index contributed by atoms with van der Waals surface area (Å²) in [5.74, 6) is 0.234. The molecule has 4 heteroatoms. The summed E-state index contributed by atoms with van der Waals surface area (Å²) in [4.78, 5) is 28.3. The minimum atomic E-state index is -0.234. The lowest BCUT2D eigenvalue weighted by molar-refractivity contribution is 0.00469. The van der Waals surface area contributed by atoms with Gasteiger partial charge in [0.05, 0.1) is 0 Å². The molecule has 4 nitrogen and oxygen atoms in total. The molecule has 30 heavy (non-hydrogen) atoms. The summed E-state index contributed by atoms with van der Waals surface area (Å²) in [5.41, 5.74) is 5.18. The van der Waals surface area contributed by atoms with Crippen molar-refractivity contribution in [1.29, 1.82) is 0 Å². The monoisotopic (exact) mass is 405 g/mol. The van der Waals surface area contributed by atoms with Gasteiger partial charge < -0.3 is 9.64 Å². The van der Waals surface area contributed by atoms with Crippen molar-refractivity contribution in [2.45, 2.75) is 71.6 Å². The molecule has 0 N–H and O–H groups in total. The molecule has 0 aliphatic carbocycles. The van der Waals surface area contributed by atoms with Crippen LogP contribution in [0, 0.1) is 26.7 Å². The van der Waals surface area contributed by atoms with E-state index in [1.807, 2.05) is 49.1 Å². The van der Waals surface area contributed by atoms with Crippen LogP contribution in [0.4, 0.5) is 4.79 Å². The van der Waals surface area contributed by atoms with Crippen molar-refractivity contribution in [2.24, 2.45) is 5.92 Å². The molecule has 158 valence electrons. The summed E-state index contributed by atoms with van der Waals surface area (Å²) in [7, 11) is 0. The maximum Gasteiger partial charge on any atom is 0.410 e. The van der Waals surface area contributed by atoms with E-state index in [1.165, 1.54) is 5.56 Å². The van der Waals surface area contributed by atoms with E-state index in [4.69, 9.17) is 4.74 Å². The summed E-state index contributed by atoms with van der Waals surface area (Å²) in [6.07, 6.45) is 4.26. The lowest BCUT2D eigenvalue weighted by Gasteiger charge is -2.47. The van der Waals surface area contributed by atoms with Crippen LogP contribution in [-0.2, 0) is 11.3 Å². The van der Waals surface area contributed by atoms with E-state index in [0.717, 1.165) is 54.4 Å². The van der Waals surface area contributed by atoms with Crippen LogP contribution >= 0.6 is 0 Å². The number of hydrogen-bond donors (Lipinski definition) is 0. The first-order valence-electron chi connectivity index (χ1n) is 11.0. The van der Waals surface area contributed by atoms with Crippen molar-refractivity contribution in [1.82, 2.24) is 4.90 Å². The first-order valence-corrected chi connectivity index (χ1v) is 11.0.